The molecule has 0 aliphatic rings. The van der Waals surface area contributed by atoms with Gasteiger partial charge >= 0.3 is 11.9 Å². The van der Waals surface area contributed by atoms with E-state index in [1.165, 1.54) is 18.3 Å². The van der Waals surface area contributed by atoms with E-state index in [0.717, 1.165) is 0 Å². The summed E-state index contributed by atoms with van der Waals surface area (Å²) in [5.41, 5.74) is -0.433. The van der Waals surface area contributed by atoms with E-state index in [1.807, 2.05) is 0 Å². The third kappa shape index (κ3) is 4.82. The lowest BCUT2D eigenvalue weighted by Crippen LogP contribution is -2.28. The Labute approximate surface area is 105 Å². The van der Waals surface area contributed by atoms with Crippen LogP contribution in [0.1, 0.15) is 31.1 Å². The predicted octanol–water partition coefficient (Wildman–Crippen LogP) is 1.53. The number of carbonyl (C=O) groups is 2. The summed E-state index contributed by atoms with van der Waals surface area (Å²) in [6.07, 6.45) is 1.22. The number of carbonyl (C=O) groups excluding carboxylic acids is 1. The highest BCUT2D eigenvalue weighted by atomic mass is 16.6. The maximum atomic E-state index is 11.4. The van der Waals surface area contributed by atoms with Crippen molar-refractivity contribution in [1.82, 2.24) is 4.98 Å². The van der Waals surface area contributed by atoms with E-state index < -0.39 is 17.5 Å². The van der Waals surface area contributed by atoms with E-state index in [0.29, 0.717) is 5.82 Å². The number of carboxylic acids is 1. The molecule has 0 saturated carbocycles. The smallest absolute Gasteiger partial charge is 0.337 e. The maximum Gasteiger partial charge on any atom is 0.337 e. The van der Waals surface area contributed by atoms with E-state index in [-0.39, 0.29) is 12.1 Å². The van der Waals surface area contributed by atoms with Crippen molar-refractivity contribution < 1.29 is 19.4 Å². The van der Waals surface area contributed by atoms with Crippen molar-refractivity contribution in [2.45, 2.75) is 26.4 Å². The van der Waals surface area contributed by atoms with E-state index in [9.17, 15) is 9.59 Å². The molecule has 0 spiro atoms. The van der Waals surface area contributed by atoms with Gasteiger partial charge in [0.25, 0.3) is 0 Å². The second-order valence-corrected chi connectivity index (χ2v) is 4.68. The van der Waals surface area contributed by atoms with E-state index in [4.69, 9.17) is 9.84 Å². The van der Waals surface area contributed by atoms with Crippen LogP contribution in [0.2, 0.25) is 0 Å². The van der Waals surface area contributed by atoms with Crippen molar-refractivity contribution in [1.29, 1.82) is 0 Å². The van der Waals surface area contributed by atoms with E-state index in [2.05, 4.69) is 10.3 Å². The van der Waals surface area contributed by atoms with E-state index in [1.54, 1.807) is 20.8 Å². The molecule has 0 saturated heterocycles. The Morgan fingerprint density at radius 1 is 1.39 bits per heavy atom. The molecule has 98 valence electrons. The molecule has 1 rings (SSSR count). The Kier molecular flexibility index (Phi) is 4.25. The molecule has 0 aliphatic heterocycles. The molecular formula is C12H16N2O4. The first-order valence-electron chi connectivity index (χ1n) is 5.43. The van der Waals surface area contributed by atoms with Crippen molar-refractivity contribution >= 4 is 17.8 Å². The van der Waals surface area contributed by atoms with Crippen LogP contribution in [-0.4, -0.2) is 34.2 Å². The minimum absolute atomic E-state index is 0.0172. The molecule has 6 heteroatoms. The van der Waals surface area contributed by atoms with Gasteiger partial charge in [-0.05, 0) is 32.9 Å². The van der Waals surface area contributed by atoms with Crippen molar-refractivity contribution in [2.75, 3.05) is 11.9 Å². The first kappa shape index (κ1) is 14.0. The zero-order valence-electron chi connectivity index (χ0n) is 10.6. The number of rotatable bonds is 4. The lowest BCUT2D eigenvalue weighted by atomic mass is 10.2. The normalized spacial score (nSPS) is 10.8. The van der Waals surface area contributed by atoms with Crippen LogP contribution < -0.4 is 5.32 Å². The van der Waals surface area contributed by atoms with Crippen LogP contribution in [0, 0.1) is 0 Å². The van der Waals surface area contributed by atoms with Gasteiger partial charge in [-0.15, -0.1) is 0 Å². The third-order valence-corrected chi connectivity index (χ3v) is 1.84. The van der Waals surface area contributed by atoms with Gasteiger partial charge in [-0.3, -0.25) is 4.79 Å². The Balaban J connectivity index is 2.49. The summed E-state index contributed by atoms with van der Waals surface area (Å²) in [5, 5.41) is 11.4. The zero-order chi connectivity index (χ0) is 13.8. The molecule has 0 aromatic carbocycles. The van der Waals surface area contributed by atoms with E-state index >= 15 is 0 Å². The van der Waals surface area contributed by atoms with Crippen LogP contribution in [0.15, 0.2) is 18.3 Å². The van der Waals surface area contributed by atoms with Crippen LogP contribution >= 0.6 is 0 Å². The number of hydrogen-bond donors (Lipinski definition) is 2. The Morgan fingerprint density at radius 2 is 2.06 bits per heavy atom. The maximum absolute atomic E-state index is 11.4. The zero-order valence-corrected chi connectivity index (χ0v) is 10.6. The average Bonchev–Trinajstić information content (AvgIpc) is 2.24. The predicted molar refractivity (Wildman–Crippen MR) is 65.5 cm³/mol. The molecule has 18 heavy (non-hydrogen) atoms. The largest absolute Gasteiger partial charge is 0.478 e. The van der Waals surface area contributed by atoms with Crippen LogP contribution in [-0.2, 0) is 9.53 Å². The number of ether oxygens (including phenoxy) is 1. The molecule has 1 aromatic heterocycles. The molecule has 0 aliphatic carbocycles. The van der Waals surface area contributed by atoms with Gasteiger partial charge in [0.1, 0.15) is 18.0 Å². The quantitative estimate of drug-likeness (QED) is 0.790. The Hall–Kier alpha value is -2.11. The van der Waals surface area contributed by atoms with Gasteiger partial charge < -0.3 is 15.2 Å². The SMILES string of the molecule is CC(C)(C)OC(=O)CNc1ccc(C(=O)O)cn1. The molecule has 0 atom stereocenters. The lowest BCUT2D eigenvalue weighted by Gasteiger charge is -2.19. The highest BCUT2D eigenvalue weighted by Crippen LogP contribution is 2.08. The third-order valence-electron chi connectivity index (χ3n) is 1.84. The summed E-state index contributed by atoms with van der Waals surface area (Å²) in [4.78, 5) is 25.9. The number of esters is 1. The fourth-order valence-corrected chi connectivity index (χ4v) is 1.17. The van der Waals surface area contributed by atoms with Crippen LogP contribution in [0.25, 0.3) is 0 Å². The summed E-state index contributed by atoms with van der Waals surface area (Å²) >= 11 is 0. The fraction of sp³-hybridized carbons (Fsp3) is 0.417. The molecule has 1 heterocycles. The number of aromatic carboxylic acids is 1. The molecular weight excluding hydrogens is 236 g/mol. The molecule has 0 unspecified atom stereocenters. The number of carboxylic acid groups (broad SMARTS) is 1. The molecule has 1 aromatic rings. The summed E-state index contributed by atoms with van der Waals surface area (Å²) in [5.74, 6) is -1.02. The molecule has 6 nitrogen and oxygen atoms in total. The average molecular weight is 252 g/mol. The summed E-state index contributed by atoms with van der Waals surface area (Å²) in [7, 11) is 0. The number of nitrogens with zero attached hydrogens (tertiary/aromatic N) is 1. The van der Waals surface area contributed by atoms with Gasteiger partial charge in [-0.2, -0.15) is 0 Å². The summed E-state index contributed by atoms with van der Waals surface area (Å²) in [6, 6.07) is 2.90. The standard InChI is InChI=1S/C12H16N2O4/c1-12(2,3)18-10(15)7-14-9-5-4-8(6-13-9)11(16)17/h4-6H,7H2,1-3H3,(H,13,14)(H,16,17). The molecule has 0 radical (unpaired) electrons. The van der Waals surface area contributed by atoms with Gasteiger partial charge in [0.15, 0.2) is 0 Å². The fourth-order valence-electron chi connectivity index (χ4n) is 1.17. The molecule has 0 amide bonds. The number of pyridine rings is 1. The highest BCUT2D eigenvalue weighted by molar-refractivity contribution is 5.87. The van der Waals surface area contributed by atoms with Gasteiger partial charge in [-0.25, -0.2) is 9.78 Å². The Bertz CT molecular complexity index is 434. The minimum atomic E-state index is -1.04. The number of hydrogen-bond acceptors (Lipinski definition) is 5. The molecule has 0 fully saturated rings. The lowest BCUT2D eigenvalue weighted by molar-refractivity contribution is -0.152. The number of aromatic nitrogens is 1. The first-order valence-corrected chi connectivity index (χ1v) is 5.43. The summed E-state index contributed by atoms with van der Waals surface area (Å²) < 4.78 is 5.10. The van der Waals surface area contributed by atoms with Crippen molar-refractivity contribution in [2.24, 2.45) is 0 Å². The first-order chi connectivity index (χ1) is 8.28. The monoisotopic (exact) mass is 252 g/mol. The van der Waals surface area contributed by atoms with Gasteiger partial charge in [0.05, 0.1) is 5.56 Å². The topological polar surface area (TPSA) is 88.5 Å². The Morgan fingerprint density at radius 3 is 2.50 bits per heavy atom. The molecule has 0 bridgehead atoms. The van der Waals surface area contributed by atoms with Crippen molar-refractivity contribution in [3.8, 4) is 0 Å². The number of nitrogens with one attached hydrogen (secondary N) is 1. The van der Waals surface area contributed by atoms with Gasteiger partial charge in [0, 0.05) is 6.20 Å². The second kappa shape index (κ2) is 5.48. The second-order valence-electron chi connectivity index (χ2n) is 4.68. The van der Waals surface area contributed by atoms with Crippen molar-refractivity contribution in [3.05, 3.63) is 23.9 Å². The van der Waals surface area contributed by atoms with Crippen LogP contribution in [0.3, 0.4) is 0 Å². The highest BCUT2D eigenvalue weighted by Gasteiger charge is 2.15. The van der Waals surface area contributed by atoms with Crippen molar-refractivity contribution in [3.63, 3.8) is 0 Å². The molecule has 2 N–H and O–H groups in total. The minimum Gasteiger partial charge on any atom is -0.478 e. The van der Waals surface area contributed by atoms with Crippen LogP contribution in [0.5, 0.6) is 0 Å². The number of anilines is 1. The van der Waals surface area contributed by atoms with Crippen LogP contribution in [0.4, 0.5) is 5.82 Å². The van der Waals surface area contributed by atoms with Gasteiger partial charge in [-0.1, -0.05) is 0 Å². The summed E-state index contributed by atoms with van der Waals surface area (Å²) in [6.45, 7) is 5.33. The van der Waals surface area contributed by atoms with Gasteiger partial charge in [0.2, 0.25) is 0 Å².